The first-order chi connectivity index (χ1) is 7.72. The van der Waals surface area contributed by atoms with Crippen LogP contribution in [0.2, 0.25) is 0 Å². The topological polar surface area (TPSA) is 12.0 Å². The van der Waals surface area contributed by atoms with Crippen LogP contribution in [0, 0.1) is 13.8 Å². The van der Waals surface area contributed by atoms with E-state index in [2.05, 4.69) is 44.4 Å². The first-order valence-electron chi connectivity index (χ1n) is 6.47. The summed E-state index contributed by atoms with van der Waals surface area (Å²) in [7, 11) is 2.10. The van der Waals surface area contributed by atoms with Crippen molar-refractivity contribution in [2.24, 2.45) is 0 Å². The Hall–Kier alpha value is -0.820. The van der Waals surface area contributed by atoms with Crippen molar-refractivity contribution in [1.82, 2.24) is 5.32 Å². The minimum Gasteiger partial charge on any atom is -0.316 e. The molecular weight excluding hydrogens is 194 g/mol. The van der Waals surface area contributed by atoms with Gasteiger partial charge in [-0.3, -0.25) is 0 Å². The summed E-state index contributed by atoms with van der Waals surface area (Å²) < 4.78 is 0. The second-order valence-electron chi connectivity index (χ2n) is 5.13. The fraction of sp³-hybridized carbons (Fsp3) is 0.600. The van der Waals surface area contributed by atoms with E-state index >= 15 is 0 Å². The average Bonchev–Trinajstić information content (AvgIpc) is 2.32. The van der Waals surface area contributed by atoms with Crippen LogP contribution in [0.1, 0.15) is 48.3 Å². The first-order valence-corrected chi connectivity index (χ1v) is 6.47. The zero-order valence-corrected chi connectivity index (χ0v) is 10.7. The first kappa shape index (κ1) is 11.7. The lowest BCUT2D eigenvalue weighted by Gasteiger charge is -2.32. The number of nitrogens with one attached hydrogen (secondary N) is 1. The van der Waals surface area contributed by atoms with E-state index in [1.807, 2.05) is 0 Å². The molecule has 1 aromatic rings. The molecule has 0 saturated heterocycles. The molecule has 1 saturated carbocycles. The number of likely N-dealkylation sites (N-methyl/N-ethyl adjacent to an activating group) is 1. The summed E-state index contributed by atoms with van der Waals surface area (Å²) in [4.78, 5) is 0. The number of aryl methyl sites for hydroxylation is 2. The Bertz CT molecular complexity index is 356. The third kappa shape index (κ3) is 2.30. The van der Waals surface area contributed by atoms with E-state index in [9.17, 15) is 0 Å². The maximum atomic E-state index is 3.49. The molecular formula is C15H23N. The summed E-state index contributed by atoms with van der Waals surface area (Å²) in [6, 6.07) is 7.65. The monoisotopic (exact) mass is 217 g/mol. The van der Waals surface area contributed by atoms with Crippen molar-refractivity contribution in [2.75, 3.05) is 7.05 Å². The quantitative estimate of drug-likeness (QED) is 0.799. The van der Waals surface area contributed by atoms with Crippen molar-refractivity contribution >= 4 is 0 Å². The van der Waals surface area contributed by atoms with E-state index in [-0.39, 0.29) is 0 Å². The Kier molecular flexibility index (Phi) is 3.65. The fourth-order valence-corrected chi connectivity index (χ4v) is 2.87. The van der Waals surface area contributed by atoms with Crippen molar-refractivity contribution in [1.29, 1.82) is 0 Å². The molecule has 1 aliphatic rings. The molecule has 1 fully saturated rings. The maximum absolute atomic E-state index is 3.49. The molecule has 1 N–H and O–H groups in total. The molecule has 0 radical (unpaired) electrons. The SMILES string of the molecule is CNC1CCCCC1c1ccc(C)c(C)c1. The highest BCUT2D eigenvalue weighted by Gasteiger charge is 2.25. The van der Waals surface area contributed by atoms with Crippen molar-refractivity contribution in [3.63, 3.8) is 0 Å². The van der Waals surface area contributed by atoms with E-state index < -0.39 is 0 Å². The molecule has 88 valence electrons. The van der Waals surface area contributed by atoms with Crippen molar-refractivity contribution < 1.29 is 0 Å². The summed E-state index contributed by atoms with van der Waals surface area (Å²) >= 11 is 0. The lowest BCUT2D eigenvalue weighted by molar-refractivity contribution is 0.344. The van der Waals surface area contributed by atoms with Gasteiger partial charge in [-0.15, -0.1) is 0 Å². The standard InChI is InChI=1S/C15H23N/c1-11-8-9-13(10-12(11)2)14-6-4-5-7-15(14)16-3/h8-10,14-16H,4-7H2,1-3H3. The molecule has 1 aliphatic carbocycles. The van der Waals surface area contributed by atoms with Crippen molar-refractivity contribution in [3.8, 4) is 0 Å². The lowest BCUT2D eigenvalue weighted by atomic mass is 9.79. The predicted octanol–water partition coefficient (Wildman–Crippen LogP) is 3.55. The Morgan fingerprint density at radius 3 is 2.50 bits per heavy atom. The van der Waals surface area contributed by atoms with Gasteiger partial charge in [0.05, 0.1) is 0 Å². The second-order valence-corrected chi connectivity index (χ2v) is 5.13. The molecule has 0 aliphatic heterocycles. The number of rotatable bonds is 2. The molecule has 1 nitrogen and oxygen atoms in total. The molecule has 2 unspecified atom stereocenters. The van der Waals surface area contributed by atoms with Crippen molar-refractivity contribution in [2.45, 2.75) is 51.5 Å². The number of benzene rings is 1. The molecule has 0 amide bonds. The Labute approximate surface area is 99.3 Å². The van der Waals surface area contributed by atoms with Crippen LogP contribution in [0.3, 0.4) is 0 Å². The van der Waals surface area contributed by atoms with Crippen LogP contribution in [-0.4, -0.2) is 13.1 Å². The molecule has 0 heterocycles. The normalized spacial score (nSPS) is 25.7. The van der Waals surface area contributed by atoms with Crippen LogP contribution < -0.4 is 5.32 Å². The average molecular weight is 217 g/mol. The second kappa shape index (κ2) is 5.01. The van der Waals surface area contributed by atoms with Gasteiger partial charge in [-0.05, 0) is 56.3 Å². The van der Waals surface area contributed by atoms with Gasteiger partial charge in [-0.2, -0.15) is 0 Å². The molecule has 0 spiro atoms. The van der Waals surface area contributed by atoms with E-state index in [1.54, 1.807) is 0 Å². The van der Waals surface area contributed by atoms with E-state index in [1.165, 1.54) is 42.4 Å². The number of hydrogen-bond acceptors (Lipinski definition) is 1. The van der Waals surface area contributed by atoms with Gasteiger partial charge in [0.1, 0.15) is 0 Å². The van der Waals surface area contributed by atoms with E-state index in [0.717, 1.165) is 5.92 Å². The van der Waals surface area contributed by atoms with Gasteiger partial charge in [0.2, 0.25) is 0 Å². The van der Waals surface area contributed by atoms with Gasteiger partial charge in [0.25, 0.3) is 0 Å². The minimum atomic E-state index is 0.677. The lowest BCUT2D eigenvalue weighted by Crippen LogP contribution is -2.34. The largest absolute Gasteiger partial charge is 0.316 e. The molecule has 2 atom stereocenters. The van der Waals surface area contributed by atoms with Crippen LogP contribution in [0.4, 0.5) is 0 Å². The summed E-state index contributed by atoms with van der Waals surface area (Å²) in [5.41, 5.74) is 4.36. The van der Waals surface area contributed by atoms with Gasteiger partial charge >= 0.3 is 0 Å². The Balaban J connectivity index is 2.23. The van der Waals surface area contributed by atoms with Crippen molar-refractivity contribution in [3.05, 3.63) is 34.9 Å². The Morgan fingerprint density at radius 2 is 1.81 bits per heavy atom. The van der Waals surface area contributed by atoms with Crippen LogP contribution >= 0.6 is 0 Å². The van der Waals surface area contributed by atoms with Crippen LogP contribution in [0.25, 0.3) is 0 Å². The summed E-state index contributed by atoms with van der Waals surface area (Å²) in [5.74, 6) is 0.720. The predicted molar refractivity (Wildman–Crippen MR) is 70.0 cm³/mol. The smallest absolute Gasteiger partial charge is 0.0133 e. The highest BCUT2D eigenvalue weighted by molar-refractivity contribution is 5.33. The van der Waals surface area contributed by atoms with Crippen LogP contribution in [-0.2, 0) is 0 Å². The van der Waals surface area contributed by atoms with Gasteiger partial charge in [0.15, 0.2) is 0 Å². The number of hydrogen-bond donors (Lipinski definition) is 1. The molecule has 0 aromatic heterocycles. The van der Waals surface area contributed by atoms with E-state index in [4.69, 9.17) is 0 Å². The van der Waals surface area contributed by atoms with Gasteiger partial charge in [-0.1, -0.05) is 31.0 Å². The minimum absolute atomic E-state index is 0.677. The van der Waals surface area contributed by atoms with E-state index in [0.29, 0.717) is 6.04 Å². The summed E-state index contributed by atoms with van der Waals surface area (Å²) in [6.45, 7) is 4.41. The molecule has 0 bridgehead atoms. The fourth-order valence-electron chi connectivity index (χ4n) is 2.87. The maximum Gasteiger partial charge on any atom is 0.0133 e. The summed E-state index contributed by atoms with van der Waals surface area (Å²) in [5, 5.41) is 3.49. The van der Waals surface area contributed by atoms with Gasteiger partial charge < -0.3 is 5.32 Å². The zero-order valence-electron chi connectivity index (χ0n) is 10.7. The van der Waals surface area contributed by atoms with Gasteiger partial charge in [-0.25, -0.2) is 0 Å². The van der Waals surface area contributed by atoms with Gasteiger partial charge in [0, 0.05) is 6.04 Å². The third-order valence-corrected chi connectivity index (χ3v) is 4.10. The van der Waals surface area contributed by atoms with Crippen LogP contribution in [0.15, 0.2) is 18.2 Å². The molecule has 1 heteroatoms. The molecule has 16 heavy (non-hydrogen) atoms. The molecule has 1 aromatic carbocycles. The zero-order chi connectivity index (χ0) is 11.5. The highest BCUT2D eigenvalue weighted by Crippen LogP contribution is 2.33. The van der Waals surface area contributed by atoms with Crippen LogP contribution in [0.5, 0.6) is 0 Å². The Morgan fingerprint density at radius 1 is 1.06 bits per heavy atom. The summed E-state index contributed by atoms with van der Waals surface area (Å²) in [6.07, 6.45) is 5.44. The highest BCUT2D eigenvalue weighted by atomic mass is 14.9. The third-order valence-electron chi connectivity index (χ3n) is 4.10. The molecule has 2 rings (SSSR count).